The Morgan fingerprint density at radius 1 is 1.45 bits per heavy atom. The summed E-state index contributed by atoms with van der Waals surface area (Å²) in [4.78, 5) is 0. The van der Waals surface area contributed by atoms with E-state index < -0.39 is 0 Å². The van der Waals surface area contributed by atoms with Crippen molar-refractivity contribution in [2.75, 3.05) is 6.61 Å². The van der Waals surface area contributed by atoms with Crippen molar-refractivity contribution in [3.63, 3.8) is 0 Å². The second-order valence-electron chi connectivity index (χ2n) is 2.18. The van der Waals surface area contributed by atoms with E-state index in [1.165, 1.54) is 7.16 Å². The molecule has 0 bridgehead atoms. The van der Waals surface area contributed by atoms with Crippen LogP contribution >= 0.6 is 45.2 Å². The first kappa shape index (κ1) is 11.9. The van der Waals surface area contributed by atoms with E-state index >= 15 is 0 Å². The van der Waals surface area contributed by atoms with Gasteiger partial charge in [0.2, 0.25) is 0 Å². The zero-order chi connectivity index (χ0) is 8.69. The number of aliphatic hydroxyl groups is 1. The molecule has 0 saturated heterocycles. The van der Waals surface area contributed by atoms with E-state index in [1.54, 1.807) is 0 Å². The number of aliphatic hydroxyl groups excluding tert-OH is 1. The van der Waals surface area contributed by atoms with Gasteiger partial charge in [0.15, 0.2) is 0 Å². The predicted octanol–water partition coefficient (Wildman–Crippen LogP) is 3.42. The van der Waals surface area contributed by atoms with E-state index in [1.807, 2.05) is 6.08 Å². The Hall–Kier alpha value is 0.900. The summed E-state index contributed by atoms with van der Waals surface area (Å²) in [5, 5.41) is 8.61. The summed E-state index contributed by atoms with van der Waals surface area (Å²) in [6.07, 6.45) is 4.70. The largest absolute Gasteiger partial charge is 0.396 e. The molecule has 0 aliphatic rings. The average Bonchev–Trinajstić information content (AvgIpc) is 1.97. The lowest BCUT2D eigenvalue weighted by atomic mass is 10.1. The first-order chi connectivity index (χ1) is 5.22. The first-order valence-electron chi connectivity index (χ1n) is 3.47. The van der Waals surface area contributed by atoms with Gasteiger partial charge in [0, 0.05) is 6.61 Å². The SMILES string of the molecule is C=CCC(CCCO)=C(I)I. The third kappa shape index (κ3) is 6.10. The van der Waals surface area contributed by atoms with Crippen LogP contribution in [0.4, 0.5) is 0 Å². The molecule has 0 radical (unpaired) electrons. The van der Waals surface area contributed by atoms with Crippen LogP contribution in [0.25, 0.3) is 0 Å². The zero-order valence-corrected chi connectivity index (χ0v) is 10.6. The molecular formula is C8H12I2O. The summed E-state index contributed by atoms with van der Waals surface area (Å²) < 4.78 is 1.30. The molecule has 0 fully saturated rings. The molecule has 0 aromatic heterocycles. The molecule has 0 saturated carbocycles. The lowest BCUT2D eigenvalue weighted by Gasteiger charge is -2.03. The third-order valence-electron chi connectivity index (χ3n) is 1.29. The van der Waals surface area contributed by atoms with Crippen LogP contribution in [0.5, 0.6) is 0 Å². The van der Waals surface area contributed by atoms with Gasteiger partial charge in [0.1, 0.15) is 0 Å². The highest BCUT2D eigenvalue weighted by atomic mass is 127. The molecule has 0 aromatic rings. The molecule has 0 aromatic carbocycles. The van der Waals surface area contributed by atoms with Gasteiger partial charge in [-0.3, -0.25) is 0 Å². The zero-order valence-electron chi connectivity index (χ0n) is 6.32. The molecule has 0 atom stereocenters. The first-order valence-corrected chi connectivity index (χ1v) is 5.63. The van der Waals surface area contributed by atoms with Crippen molar-refractivity contribution in [3.05, 3.63) is 19.8 Å². The highest BCUT2D eigenvalue weighted by Crippen LogP contribution is 2.26. The maximum atomic E-state index is 8.61. The second kappa shape index (κ2) is 7.54. The summed E-state index contributed by atoms with van der Waals surface area (Å²) >= 11 is 4.61. The number of halogens is 2. The van der Waals surface area contributed by atoms with Gasteiger partial charge in [-0.25, -0.2) is 0 Å². The van der Waals surface area contributed by atoms with Crippen LogP contribution in [0.2, 0.25) is 0 Å². The minimum absolute atomic E-state index is 0.279. The minimum Gasteiger partial charge on any atom is -0.396 e. The molecule has 11 heavy (non-hydrogen) atoms. The van der Waals surface area contributed by atoms with Crippen molar-refractivity contribution in [2.24, 2.45) is 0 Å². The highest BCUT2D eigenvalue weighted by Gasteiger charge is 1.98. The Balaban J connectivity index is 3.90. The van der Waals surface area contributed by atoms with Crippen molar-refractivity contribution in [1.29, 1.82) is 0 Å². The standard InChI is InChI=1S/C8H12I2O/c1-2-4-7(8(9)10)5-3-6-11/h2,11H,1,3-6H2. The van der Waals surface area contributed by atoms with E-state index in [0.29, 0.717) is 0 Å². The fourth-order valence-corrected chi connectivity index (χ4v) is 1.72. The Labute approximate surface area is 95.2 Å². The average molecular weight is 378 g/mol. The van der Waals surface area contributed by atoms with Crippen LogP contribution in [0.1, 0.15) is 19.3 Å². The molecule has 0 aliphatic heterocycles. The fraction of sp³-hybridized carbons (Fsp3) is 0.500. The predicted molar refractivity (Wildman–Crippen MR) is 66.2 cm³/mol. The number of hydrogen-bond donors (Lipinski definition) is 1. The van der Waals surface area contributed by atoms with Gasteiger partial charge in [-0.15, -0.1) is 6.58 Å². The van der Waals surface area contributed by atoms with Gasteiger partial charge in [0.05, 0.1) is 1.59 Å². The molecule has 0 amide bonds. The van der Waals surface area contributed by atoms with Crippen LogP contribution < -0.4 is 0 Å². The molecule has 0 unspecified atom stereocenters. The number of allylic oxidation sites excluding steroid dienone is 2. The molecule has 64 valence electrons. The summed E-state index contributed by atoms with van der Waals surface area (Å²) in [7, 11) is 0. The lowest BCUT2D eigenvalue weighted by molar-refractivity contribution is 0.288. The molecule has 1 nitrogen and oxygen atoms in total. The lowest BCUT2D eigenvalue weighted by Crippen LogP contribution is -1.87. The molecule has 0 rings (SSSR count). The monoisotopic (exact) mass is 378 g/mol. The molecule has 0 aliphatic carbocycles. The Morgan fingerprint density at radius 3 is 2.45 bits per heavy atom. The third-order valence-corrected chi connectivity index (χ3v) is 2.82. The molecular weight excluding hydrogens is 366 g/mol. The minimum atomic E-state index is 0.279. The van der Waals surface area contributed by atoms with Gasteiger partial charge in [-0.05, 0) is 70.0 Å². The van der Waals surface area contributed by atoms with Gasteiger partial charge in [0.25, 0.3) is 0 Å². The number of hydrogen-bond acceptors (Lipinski definition) is 1. The maximum Gasteiger partial charge on any atom is 0.0509 e. The van der Waals surface area contributed by atoms with Crippen molar-refractivity contribution in [2.45, 2.75) is 19.3 Å². The smallest absolute Gasteiger partial charge is 0.0509 e. The normalized spacial score (nSPS) is 9.36. The quantitative estimate of drug-likeness (QED) is 0.575. The Morgan fingerprint density at radius 2 is 2.09 bits per heavy atom. The summed E-state index contributed by atoms with van der Waals surface area (Å²) in [5.74, 6) is 0. The van der Waals surface area contributed by atoms with Crippen molar-refractivity contribution >= 4 is 45.2 Å². The fourth-order valence-electron chi connectivity index (χ4n) is 0.740. The summed E-state index contributed by atoms with van der Waals surface area (Å²) in [5.41, 5.74) is 1.38. The molecule has 1 N–H and O–H groups in total. The summed E-state index contributed by atoms with van der Waals surface area (Å²) in [6, 6.07) is 0. The van der Waals surface area contributed by atoms with Crippen molar-refractivity contribution < 1.29 is 5.11 Å². The van der Waals surface area contributed by atoms with Crippen LogP contribution in [-0.4, -0.2) is 11.7 Å². The highest BCUT2D eigenvalue weighted by molar-refractivity contribution is 14.2. The molecule has 0 heterocycles. The van der Waals surface area contributed by atoms with E-state index in [9.17, 15) is 0 Å². The van der Waals surface area contributed by atoms with E-state index in [4.69, 9.17) is 5.11 Å². The van der Waals surface area contributed by atoms with Crippen LogP contribution in [0, 0.1) is 0 Å². The number of rotatable bonds is 5. The van der Waals surface area contributed by atoms with Gasteiger partial charge in [-0.2, -0.15) is 0 Å². The van der Waals surface area contributed by atoms with Gasteiger partial charge < -0.3 is 5.11 Å². The Kier molecular flexibility index (Phi) is 8.16. The molecule has 3 heteroatoms. The van der Waals surface area contributed by atoms with Crippen LogP contribution in [-0.2, 0) is 0 Å². The summed E-state index contributed by atoms with van der Waals surface area (Å²) in [6.45, 7) is 3.97. The topological polar surface area (TPSA) is 20.2 Å². The van der Waals surface area contributed by atoms with Crippen LogP contribution in [0.15, 0.2) is 19.8 Å². The van der Waals surface area contributed by atoms with Crippen molar-refractivity contribution in [1.82, 2.24) is 0 Å². The van der Waals surface area contributed by atoms with E-state index in [0.717, 1.165) is 19.3 Å². The Bertz CT molecular complexity index is 148. The van der Waals surface area contributed by atoms with Crippen molar-refractivity contribution in [3.8, 4) is 0 Å². The van der Waals surface area contributed by atoms with E-state index in [-0.39, 0.29) is 6.61 Å². The van der Waals surface area contributed by atoms with Gasteiger partial charge >= 0.3 is 0 Å². The van der Waals surface area contributed by atoms with Crippen LogP contribution in [0.3, 0.4) is 0 Å². The van der Waals surface area contributed by atoms with E-state index in [2.05, 4.69) is 51.8 Å². The second-order valence-corrected chi connectivity index (χ2v) is 6.41. The molecule has 0 spiro atoms. The maximum absolute atomic E-state index is 8.61. The van der Waals surface area contributed by atoms with Gasteiger partial charge in [-0.1, -0.05) is 6.08 Å².